The first-order valence-electron chi connectivity index (χ1n) is 10.0. The Morgan fingerprint density at radius 1 is 1.00 bits per heavy atom. The SMILES string of the molecule is CC(=O)NC(Cc1ccccc1)C(=O)NC1CCN(S(=O)(=O)c2ccccc2)CC1. The van der Waals surface area contributed by atoms with E-state index in [1.165, 1.54) is 11.2 Å². The van der Waals surface area contributed by atoms with E-state index in [0.29, 0.717) is 32.4 Å². The van der Waals surface area contributed by atoms with Crippen LogP contribution in [0.2, 0.25) is 0 Å². The van der Waals surface area contributed by atoms with Crippen LogP contribution in [0, 0.1) is 0 Å². The summed E-state index contributed by atoms with van der Waals surface area (Å²) >= 11 is 0. The lowest BCUT2D eigenvalue weighted by atomic mass is 10.0. The fourth-order valence-corrected chi connectivity index (χ4v) is 5.08. The lowest BCUT2D eigenvalue weighted by Gasteiger charge is -2.32. The zero-order valence-electron chi connectivity index (χ0n) is 17.0. The lowest BCUT2D eigenvalue weighted by molar-refractivity contribution is -0.128. The highest BCUT2D eigenvalue weighted by Crippen LogP contribution is 2.20. The summed E-state index contributed by atoms with van der Waals surface area (Å²) in [6.07, 6.45) is 1.44. The average Bonchev–Trinajstić information content (AvgIpc) is 2.75. The van der Waals surface area contributed by atoms with Crippen molar-refractivity contribution in [1.82, 2.24) is 14.9 Å². The molecule has 7 nitrogen and oxygen atoms in total. The molecule has 1 unspecified atom stereocenters. The first-order chi connectivity index (χ1) is 14.4. The molecule has 3 rings (SSSR count). The standard InChI is InChI=1S/C22H27N3O4S/c1-17(26)23-21(16-18-8-4-2-5-9-18)22(27)24-19-12-14-25(15-13-19)30(28,29)20-10-6-3-7-11-20/h2-11,19,21H,12-16H2,1H3,(H,23,26)(H,24,27). The second kappa shape index (κ2) is 9.86. The number of nitrogens with zero attached hydrogens (tertiary/aromatic N) is 1. The van der Waals surface area contributed by atoms with Crippen LogP contribution >= 0.6 is 0 Å². The second-order valence-electron chi connectivity index (χ2n) is 7.44. The van der Waals surface area contributed by atoms with Crippen molar-refractivity contribution in [3.63, 3.8) is 0 Å². The number of amides is 2. The van der Waals surface area contributed by atoms with Crippen molar-refractivity contribution in [3.05, 3.63) is 66.2 Å². The second-order valence-corrected chi connectivity index (χ2v) is 9.38. The van der Waals surface area contributed by atoms with Crippen LogP contribution in [0.5, 0.6) is 0 Å². The smallest absolute Gasteiger partial charge is 0.243 e. The Morgan fingerprint density at radius 2 is 1.57 bits per heavy atom. The molecule has 1 saturated heterocycles. The molecule has 8 heteroatoms. The van der Waals surface area contributed by atoms with E-state index in [0.717, 1.165) is 5.56 Å². The molecule has 2 aromatic rings. The zero-order valence-corrected chi connectivity index (χ0v) is 17.8. The Hall–Kier alpha value is -2.71. The number of rotatable bonds is 7. The van der Waals surface area contributed by atoms with Gasteiger partial charge in [-0.3, -0.25) is 9.59 Å². The predicted octanol–water partition coefficient (Wildman–Crippen LogP) is 1.70. The highest BCUT2D eigenvalue weighted by molar-refractivity contribution is 7.89. The van der Waals surface area contributed by atoms with Gasteiger partial charge in [-0.1, -0.05) is 48.5 Å². The summed E-state index contributed by atoms with van der Waals surface area (Å²) in [5, 5.41) is 5.70. The third kappa shape index (κ3) is 5.67. The van der Waals surface area contributed by atoms with E-state index >= 15 is 0 Å². The maximum atomic E-state index is 12.8. The van der Waals surface area contributed by atoms with Gasteiger partial charge < -0.3 is 10.6 Å². The maximum absolute atomic E-state index is 12.8. The summed E-state index contributed by atoms with van der Waals surface area (Å²) in [5.41, 5.74) is 0.954. The average molecular weight is 430 g/mol. The minimum atomic E-state index is -3.52. The third-order valence-corrected chi connectivity index (χ3v) is 7.07. The van der Waals surface area contributed by atoms with Gasteiger partial charge >= 0.3 is 0 Å². The van der Waals surface area contributed by atoms with Crippen LogP contribution < -0.4 is 10.6 Å². The number of hydrogen-bond acceptors (Lipinski definition) is 4. The van der Waals surface area contributed by atoms with Gasteiger partial charge in [-0.2, -0.15) is 4.31 Å². The number of piperidine rings is 1. The number of carbonyl (C=O) groups excluding carboxylic acids is 2. The van der Waals surface area contributed by atoms with E-state index < -0.39 is 16.1 Å². The van der Waals surface area contributed by atoms with Gasteiger partial charge in [-0.15, -0.1) is 0 Å². The van der Waals surface area contributed by atoms with Crippen LogP contribution in [0.3, 0.4) is 0 Å². The fourth-order valence-electron chi connectivity index (χ4n) is 3.59. The van der Waals surface area contributed by atoms with Gasteiger partial charge in [0.25, 0.3) is 0 Å². The van der Waals surface area contributed by atoms with Crippen LogP contribution in [0.25, 0.3) is 0 Å². The van der Waals surface area contributed by atoms with Crippen molar-refractivity contribution < 1.29 is 18.0 Å². The van der Waals surface area contributed by atoms with Gasteiger partial charge in [0.1, 0.15) is 6.04 Å². The molecule has 1 aliphatic heterocycles. The number of carbonyl (C=O) groups is 2. The molecule has 2 aromatic carbocycles. The topological polar surface area (TPSA) is 95.6 Å². The van der Waals surface area contributed by atoms with Gasteiger partial charge in [0.2, 0.25) is 21.8 Å². The molecule has 160 valence electrons. The Kier molecular flexibility index (Phi) is 7.23. The molecule has 0 aromatic heterocycles. The third-order valence-electron chi connectivity index (χ3n) is 5.16. The van der Waals surface area contributed by atoms with Crippen molar-refractivity contribution in [3.8, 4) is 0 Å². The van der Waals surface area contributed by atoms with Crippen LogP contribution in [-0.2, 0) is 26.0 Å². The molecular formula is C22H27N3O4S. The summed E-state index contributed by atoms with van der Waals surface area (Å²) < 4.78 is 26.9. The van der Waals surface area contributed by atoms with Gasteiger partial charge in [0.05, 0.1) is 4.90 Å². The number of benzene rings is 2. The molecule has 0 spiro atoms. The van der Waals surface area contributed by atoms with E-state index in [1.54, 1.807) is 30.3 Å². The molecule has 0 bridgehead atoms. The molecule has 0 radical (unpaired) electrons. The van der Waals surface area contributed by atoms with Gasteiger partial charge in [-0.05, 0) is 30.5 Å². The summed E-state index contributed by atoms with van der Waals surface area (Å²) in [6.45, 7) is 2.07. The van der Waals surface area contributed by atoms with Crippen molar-refractivity contribution >= 4 is 21.8 Å². The van der Waals surface area contributed by atoms with Gasteiger partial charge in [0.15, 0.2) is 0 Å². The van der Waals surface area contributed by atoms with Crippen LogP contribution in [0.15, 0.2) is 65.6 Å². The van der Waals surface area contributed by atoms with Crippen molar-refractivity contribution in [1.29, 1.82) is 0 Å². The Morgan fingerprint density at radius 3 is 2.13 bits per heavy atom. The van der Waals surface area contributed by atoms with E-state index in [2.05, 4.69) is 10.6 Å². The van der Waals surface area contributed by atoms with E-state index in [9.17, 15) is 18.0 Å². The highest BCUT2D eigenvalue weighted by atomic mass is 32.2. The van der Waals surface area contributed by atoms with E-state index in [1.807, 2.05) is 30.3 Å². The molecule has 1 aliphatic rings. The monoisotopic (exact) mass is 429 g/mol. The molecule has 0 aliphatic carbocycles. The fraction of sp³-hybridized carbons (Fsp3) is 0.364. The van der Waals surface area contributed by atoms with Gasteiger partial charge in [0, 0.05) is 32.5 Å². The van der Waals surface area contributed by atoms with Crippen LogP contribution in [0.1, 0.15) is 25.3 Å². The first-order valence-corrected chi connectivity index (χ1v) is 11.5. The Bertz CT molecular complexity index is 956. The minimum absolute atomic E-state index is 0.133. The van der Waals surface area contributed by atoms with Crippen molar-refractivity contribution in [2.75, 3.05) is 13.1 Å². The Labute approximate surface area is 177 Å². The Balaban J connectivity index is 1.58. The summed E-state index contributed by atoms with van der Waals surface area (Å²) in [7, 11) is -3.52. The van der Waals surface area contributed by atoms with Gasteiger partial charge in [-0.25, -0.2) is 8.42 Å². The minimum Gasteiger partial charge on any atom is -0.351 e. The van der Waals surface area contributed by atoms with Crippen LogP contribution in [0.4, 0.5) is 0 Å². The number of hydrogen-bond donors (Lipinski definition) is 2. The zero-order chi connectivity index (χ0) is 21.6. The largest absolute Gasteiger partial charge is 0.351 e. The summed E-state index contributed by atoms with van der Waals surface area (Å²) in [4.78, 5) is 24.6. The van der Waals surface area contributed by atoms with E-state index in [4.69, 9.17) is 0 Å². The maximum Gasteiger partial charge on any atom is 0.243 e. The number of sulfonamides is 1. The summed E-state index contributed by atoms with van der Waals surface area (Å²) in [5.74, 6) is -0.520. The molecule has 1 heterocycles. The van der Waals surface area contributed by atoms with Crippen molar-refractivity contribution in [2.45, 2.75) is 43.2 Å². The molecule has 1 fully saturated rings. The predicted molar refractivity (Wildman–Crippen MR) is 114 cm³/mol. The highest BCUT2D eigenvalue weighted by Gasteiger charge is 2.31. The normalized spacial score (nSPS) is 16.6. The molecule has 1 atom stereocenters. The van der Waals surface area contributed by atoms with Crippen molar-refractivity contribution in [2.24, 2.45) is 0 Å². The summed E-state index contributed by atoms with van der Waals surface area (Å²) in [6, 6.07) is 17.1. The lowest BCUT2D eigenvalue weighted by Crippen LogP contribution is -2.53. The van der Waals surface area contributed by atoms with E-state index in [-0.39, 0.29) is 22.8 Å². The van der Waals surface area contributed by atoms with Crippen LogP contribution in [-0.4, -0.2) is 49.7 Å². The molecular weight excluding hydrogens is 402 g/mol. The molecule has 0 saturated carbocycles. The number of nitrogens with one attached hydrogen (secondary N) is 2. The quantitative estimate of drug-likeness (QED) is 0.700. The molecule has 2 amide bonds. The molecule has 30 heavy (non-hydrogen) atoms. The molecule has 2 N–H and O–H groups in total. The first kappa shape index (κ1) is 22.0.